The summed E-state index contributed by atoms with van der Waals surface area (Å²) < 4.78 is 0. The Morgan fingerprint density at radius 3 is 2.88 bits per heavy atom. The van der Waals surface area contributed by atoms with Crippen molar-refractivity contribution in [2.24, 2.45) is 0 Å². The maximum Gasteiger partial charge on any atom is 0.255 e. The zero-order chi connectivity index (χ0) is 12.4. The molecule has 1 amide bonds. The lowest BCUT2D eigenvalue weighted by molar-refractivity contribution is -0.309. The standard InChI is InChI=1S/C12H13NO3S/c1-8-3-2-4-9(5-8)11(14)13-7-17-6-10(13)12(15)16/h2-5,10H,6-7H2,1H3,(H,15,16)/p-1/t10-/m1/s1. The molecule has 1 aliphatic heterocycles. The minimum atomic E-state index is -1.18. The smallest absolute Gasteiger partial charge is 0.255 e. The first kappa shape index (κ1) is 12.0. The van der Waals surface area contributed by atoms with Crippen molar-refractivity contribution < 1.29 is 14.7 Å². The fraction of sp³-hybridized carbons (Fsp3) is 0.333. The van der Waals surface area contributed by atoms with Gasteiger partial charge in [-0.3, -0.25) is 4.79 Å². The van der Waals surface area contributed by atoms with Gasteiger partial charge in [0.25, 0.3) is 5.91 Å². The number of carbonyl (C=O) groups excluding carboxylic acids is 2. The quantitative estimate of drug-likeness (QED) is 0.755. The molecule has 0 bridgehead atoms. The molecule has 0 N–H and O–H groups in total. The van der Waals surface area contributed by atoms with Gasteiger partial charge >= 0.3 is 0 Å². The van der Waals surface area contributed by atoms with Gasteiger partial charge in [0.1, 0.15) is 0 Å². The van der Waals surface area contributed by atoms with Crippen molar-refractivity contribution in [3.63, 3.8) is 0 Å². The normalized spacial score (nSPS) is 19.4. The van der Waals surface area contributed by atoms with Crippen molar-refractivity contribution in [2.45, 2.75) is 13.0 Å². The van der Waals surface area contributed by atoms with Crippen molar-refractivity contribution in [3.8, 4) is 0 Å². The van der Waals surface area contributed by atoms with Crippen LogP contribution in [0.2, 0.25) is 0 Å². The Morgan fingerprint density at radius 1 is 1.47 bits per heavy atom. The number of thioether (sulfide) groups is 1. The third kappa shape index (κ3) is 2.44. The Balaban J connectivity index is 2.23. The molecule has 0 aromatic heterocycles. The monoisotopic (exact) mass is 250 g/mol. The molecule has 1 fully saturated rings. The molecule has 0 unspecified atom stereocenters. The molecule has 1 saturated heterocycles. The third-order valence-electron chi connectivity index (χ3n) is 2.68. The zero-order valence-electron chi connectivity index (χ0n) is 9.38. The Bertz CT molecular complexity index is 461. The summed E-state index contributed by atoms with van der Waals surface area (Å²) in [6.07, 6.45) is 0. The van der Waals surface area contributed by atoms with E-state index in [1.165, 1.54) is 16.7 Å². The first-order valence-corrected chi connectivity index (χ1v) is 6.41. The molecule has 5 heteroatoms. The van der Waals surface area contributed by atoms with Crippen LogP contribution in [0, 0.1) is 6.92 Å². The van der Waals surface area contributed by atoms with Gasteiger partial charge in [-0.2, -0.15) is 0 Å². The number of rotatable bonds is 2. The van der Waals surface area contributed by atoms with Gasteiger partial charge in [0, 0.05) is 11.3 Å². The number of carbonyl (C=O) groups is 2. The number of hydrogen-bond acceptors (Lipinski definition) is 4. The van der Waals surface area contributed by atoms with E-state index in [2.05, 4.69) is 0 Å². The zero-order valence-corrected chi connectivity index (χ0v) is 10.2. The largest absolute Gasteiger partial charge is 0.548 e. The predicted octanol–water partition coefficient (Wildman–Crippen LogP) is 0.260. The first-order chi connectivity index (χ1) is 8.09. The van der Waals surface area contributed by atoms with E-state index in [1.807, 2.05) is 13.0 Å². The van der Waals surface area contributed by atoms with Gasteiger partial charge in [-0.15, -0.1) is 11.8 Å². The molecule has 17 heavy (non-hydrogen) atoms. The van der Waals surface area contributed by atoms with Gasteiger partial charge in [-0.05, 0) is 19.1 Å². The Kier molecular flexibility index (Phi) is 3.38. The van der Waals surface area contributed by atoms with Crippen molar-refractivity contribution in [2.75, 3.05) is 11.6 Å². The average molecular weight is 250 g/mol. The fourth-order valence-electron chi connectivity index (χ4n) is 1.78. The Labute approximate surface area is 104 Å². The SMILES string of the molecule is Cc1cccc(C(=O)N2CSC[C@@H]2C(=O)[O-])c1. The number of amides is 1. The van der Waals surface area contributed by atoms with Gasteiger partial charge in [0.2, 0.25) is 0 Å². The van der Waals surface area contributed by atoms with E-state index < -0.39 is 12.0 Å². The highest BCUT2D eigenvalue weighted by molar-refractivity contribution is 7.99. The molecule has 4 nitrogen and oxygen atoms in total. The Hall–Kier alpha value is -1.49. The lowest BCUT2D eigenvalue weighted by atomic mass is 10.1. The van der Waals surface area contributed by atoms with E-state index >= 15 is 0 Å². The molecule has 2 rings (SSSR count). The second kappa shape index (κ2) is 4.79. The van der Waals surface area contributed by atoms with Crippen LogP contribution in [0.15, 0.2) is 24.3 Å². The maximum absolute atomic E-state index is 12.1. The van der Waals surface area contributed by atoms with E-state index in [9.17, 15) is 14.7 Å². The summed E-state index contributed by atoms with van der Waals surface area (Å²) in [5.41, 5.74) is 1.51. The number of carboxylic acid groups (broad SMARTS) is 1. The summed E-state index contributed by atoms with van der Waals surface area (Å²) >= 11 is 1.43. The van der Waals surface area contributed by atoms with Gasteiger partial charge in [-0.1, -0.05) is 17.7 Å². The van der Waals surface area contributed by atoms with Gasteiger partial charge in [0.05, 0.1) is 17.9 Å². The second-order valence-electron chi connectivity index (χ2n) is 3.98. The highest BCUT2D eigenvalue weighted by Crippen LogP contribution is 2.23. The molecular formula is C12H12NO3S-. The summed E-state index contributed by atoms with van der Waals surface area (Å²) in [6, 6.07) is 6.33. The maximum atomic E-state index is 12.1. The van der Waals surface area contributed by atoms with Crippen LogP contribution in [0.5, 0.6) is 0 Å². The van der Waals surface area contributed by atoms with Gasteiger partial charge < -0.3 is 14.8 Å². The predicted molar refractivity (Wildman–Crippen MR) is 63.5 cm³/mol. The number of aliphatic carboxylic acids is 1. The molecule has 1 heterocycles. The van der Waals surface area contributed by atoms with Crippen LogP contribution in [0.3, 0.4) is 0 Å². The summed E-state index contributed by atoms with van der Waals surface area (Å²) in [7, 11) is 0. The molecule has 1 aliphatic rings. The van der Waals surface area contributed by atoms with Crippen LogP contribution < -0.4 is 5.11 Å². The topological polar surface area (TPSA) is 60.4 Å². The molecule has 1 aromatic carbocycles. The summed E-state index contributed by atoms with van der Waals surface area (Å²) in [6.45, 7) is 1.89. The van der Waals surface area contributed by atoms with Crippen LogP contribution in [0.4, 0.5) is 0 Å². The highest BCUT2D eigenvalue weighted by atomic mass is 32.2. The summed E-state index contributed by atoms with van der Waals surface area (Å²) in [4.78, 5) is 24.4. The number of carboxylic acids is 1. The van der Waals surface area contributed by atoms with Crippen LogP contribution in [-0.2, 0) is 4.79 Å². The van der Waals surface area contributed by atoms with Crippen molar-refractivity contribution in [1.29, 1.82) is 0 Å². The minimum absolute atomic E-state index is 0.243. The third-order valence-corrected chi connectivity index (χ3v) is 3.69. The highest BCUT2D eigenvalue weighted by Gasteiger charge is 2.30. The van der Waals surface area contributed by atoms with E-state index in [0.29, 0.717) is 17.2 Å². The summed E-state index contributed by atoms with van der Waals surface area (Å²) in [5.74, 6) is -0.616. The lowest BCUT2D eigenvalue weighted by Crippen LogP contribution is -2.48. The summed E-state index contributed by atoms with van der Waals surface area (Å²) in [5, 5.41) is 10.9. The first-order valence-electron chi connectivity index (χ1n) is 5.26. The van der Waals surface area contributed by atoms with Crippen LogP contribution in [0.25, 0.3) is 0 Å². The molecule has 90 valence electrons. The van der Waals surface area contributed by atoms with E-state index in [-0.39, 0.29) is 5.91 Å². The Morgan fingerprint density at radius 2 is 2.24 bits per heavy atom. The second-order valence-corrected chi connectivity index (χ2v) is 4.98. The van der Waals surface area contributed by atoms with Crippen LogP contribution in [-0.4, -0.2) is 34.4 Å². The molecule has 0 saturated carbocycles. The lowest BCUT2D eigenvalue weighted by Gasteiger charge is -2.24. The van der Waals surface area contributed by atoms with Gasteiger partial charge in [0.15, 0.2) is 0 Å². The number of nitrogens with zero attached hydrogens (tertiary/aromatic N) is 1. The average Bonchev–Trinajstić information content (AvgIpc) is 2.77. The van der Waals surface area contributed by atoms with Crippen molar-refractivity contribution in [3.05, 3.63) is 35.4 Å². The number of hydrogen-bond donors (Lipinski definition) is 0. The fourth-order valence-corrected chi connectivity index (χ4v) is 2.92. The van der Waals surface area contributed by atoms with E-state index in [0.717, 1.165) is 5.56 Å². The molecule has 0 aliphatic carbocycles. The minimum Gasteiger partial charge on any atom is -0.548 e. The molecule has 0 spiro atoms. The van der Waals surface area contributed by atoms with Crippen LogP contribution >= 0.6 is 11.8 Å². The molecule has 0 radical (unpaired) electrons. The molecular weight excluding hydrogens is 238 g/mol. The van der Waals surface area contributed by atoms with Crippen LogP contribution in [0.1, 0.15) is 15.9 Å². The van der Waals surface area contributed by atoms with Crippen molar-refractivity contribution in [1.82, 2.24) is 4.90 Å². The van der Waals surface area contributed by atoms with Gasteiger partial charge in [-0.25, -0.2) is 0 Å². The number of benzene rings is 1. The van der Waals surface area contributed by atoms with E-state index in [4.69, 9.17) is 0 Å². The van der Waals surface area contributed by atoms with E-state index in [1.54, 1.807) is 18.2 Å². The number of aryl methyl sites for hydroxylation is 1. The van der Waals surface area contributed by atoms with Crippen molar-refractivity contribution >= 4 is 23.6 Å². The molecule has 1 aromatic rings. The molecule has 1 atom stereocenters.